The molecule has 1 aromatic carbocycles. The number of aromatic nitrogens is 3. The minimum Gasteiger partial charge on any atom is -0.385 e. The Hall–Kier alpha value is -2.30. The van der Waals surface area contributed by atoms with Crippen LogP contribution in [0.2, 0.25) is 0 Å². The van der Waals surface area contributed by atoms with Gasteiger partial charge in [-0.25, -0.2) is 14.0 Å². The lowest BCUT2D eigenvalue weighted by Crippen LogP contribution is -2.12. The van der Waals surface area contributed by atoms with E-state index in [0.29, 0.717) is 22.5 Å². The van der Waals surface area contributed by atoms with Crippen molar-refractivity contribution in [1.82, 2.24) is 14.8 Å². The zero-order valence-corrected chi connectivity index (χ0v) is 17.1. The van der Waals surface area contributed by atoms with E-state index >= 15 is 0 Å². The van der Waals surface area contributed by atoms with Gasteiger partial charge in [-0.15, -0.1) is 15.7 Å². The summed E-state index contributed by atoms with van der Waals surface area (Å²) < 4.78 is 18.0. The second-order valence-corrected chi connectivity index (χ2v) is 9.07. The summed E-state index contributed by atoms with van der Waals surface area (Å²) in [6, 6.07) is 3.15. The smallest absolute Gasteiger partial charge is 0.353 e. The van der Waals surface area contributed by atoms with Gasteiger partial charge in [-0.05, 0) is 25.8 Å². The fourth-order valence-corrected chi connectivity index (χ4v) is 4.42. The molecule has 0 spiro atoms. The summed E-state index contributed by atoms with van der Waals surface area (Å²) in [5, 5.41) is 18.0. The Morgan fingerprint density at radius 1 is 1.44 bits per heavy atom. The Bertz CT molecular complexity index is 1090. The lowest BCUT2D eigenvalue weighted by molar-refractivity contribution is 0.0823. The fraction of sp³-hybridized carbons (Fsp3) is 0.353. The number of nitrogens with zero attached hydrogens (tertiary/aromatic N) is 4. The number of carbonyl (C=O) groups is 1. The first kappa shape index (κ1) is 19.5. The van der Waals surface area contributed by atoms with Crippen LogP contribution in [0, 0.1) is 0 Å². The van der Waals surface area contributed by atoms with Gasteiger partial charge in [-0.1, -0.05) is 19.1 Å². The van der Waals surface area contributed by atoms with Gasteiger partial charge in [-0.2, -0.15) is 5.10 Å². The molecule has 0 radical (unpaired) electrons. The summed E-state index contributed by atoms with van der Waals surface area (Å²) in [6.45, 7) is 5.20. The normalized spacial score (nSPS) is 13.2. The maximum atomic E-state index is 12.4. The minimum absolute atomic E-state index is 0.198. The molecule has 0 fully saturated rings. The molecule has 0 bridgehead atoms. The van der Waals surface area contributed by atoms with Crippen LogP contribution < -0.4 is 5.32 Å². The average Bonchev–Trinajstić information content (AvgIpc) is 3.20. The lowest BCUT2D eigenvalue weighted by atomic mass is 10.1. The number of urea groups is 1. The SMILES string of the molecule is CCc1ccc2cn(C)nc2c1NC(=O)/N=[SH](=O)\c1ncc(C(C)(C)O)s1. The molecule has 0 aliphatic carbocycles. The van der Waals surface area contributed by atoms with Gasteiger partial charge in [0.25, 0.3) is 0 Å². The van der Waals surface area contributed by atoms with Crippen molar-refractivity contribution in [1.29, 1.82) is 0 Å². The maximum absolute atomic E-state index is 12.4. The third-order valence-corrected chi connectivity index (χ3v) is 6.59. The van der Waals surface area contributed by atoms with Crippen molar-refractivity contribution in [2.45, 2.75) is 37.1 Å². The summed E-state index contributed by atoms with van der Waals surface area (Å²) in [5.74, 6) is 0. The van der Waals surface area contributed by atoms with E-state index in [1.165, 1.54) is 6.20 Å². The minimum atomic E-state index is -2.36. The zero-order chi connectivity index (χ0) is 19.8. The number of anilines is 1. The van der Waals surface area contributed by atoms with Crippen LogP contribution in [0.15, 0.2) is 33.2 Å². The molecule has 0 saturated carbocycles. The molecule has 0 aliphatic heterocycles. The monoisotopic (exact) mass is 407 g/mol. The zero-order valence-electron chi connectivity index (χ0n) is 15.4. The number of nitrogens with one attached hydrogen (secondary N) is 1. The Labute approximate surface area is 162 Å². The Morgan fingerprint density at radius 2 is 2.19 bits per heavy atom. The van der Waals surface area contributed by atoms with Crippen molar-refractivity contribution in [2.75, 3.05) is 5.32 Å². The molecular weight excluding hydrogens is 386 g/mol. The van der Waals surface area contributed by atoms with Crippen LogP contribution in [-0.4, -0.2) is 30.1 Å². The Kier molecular flexibility index (Phi) is 5.31. The first-order valence-corrected chi connectivity index (χ1v) is 10.4. The average molecular weight is 408 g/mol. The molecule has 3 rings (SSSR count). The van der Waals surface area contributed by atoms with E-state index in [4.69, 9.17) is 0 Å². The summed E-state index contributed by atoms with van der Waals surface area (Å²) in [6.07, 6.45) is 4.01. The van der Waals surface area contributed by atoms with Gasteiger partial charge < -0.3 is 10.4 Å². The summed E-state index contributed by atoms with van der Waals surface area (Å²) in [7, 11) is -0.549. The van der Waals surface area contributed by atoms with Crippen LogP contribution in [0.25, 0.3) is 10.9 Å². The lowest BCUT2D eigenvalue weighted by Gasteiger charge is -2.12. The van der Waals surface area contributed by atoms with Crippen molar-refractivity contribution in [2.24, 2.45) is 11.4 Å². The van der Waals surface area contributed by atoms with E-state index < -0.39 is 22.2 Å². The molecule has 1 unspecified atom stereocenters. The highest BCUT2D eigenvalue weighted by atomic mass is 32.2. The molecule has 0 saturated heterocycles. The van der Waals surface area contributed by atoms with Gasteiger partial charge in [0, 0.05) is 24.8 Å². The maximum Gasteiger partial charge on any atom is 0.353 e. The second kappa shape index (κ2) is 7.37. The second-order valence-electron chi connectivity index (χ2n) is 6.56. The Morgan fingerprint density at radius 3 is 2.81 bits per heavy atom. The number of thiazole rings is 1. The van der Waals surface area contributed by atoms with Crippen LogP contribution in [0.3, 0.4) is 0 Å². The van der Waals surface area contributed by atoms with Crippen LogP contribution in [0.1, 0.15) is 31.2 Å². The van der Waals surface area contributed by atoms with E-state index in [-0.39, 0.29) is 4.34 Å². The third kappa shape index (κ3) is 4.18. The number of hydrogen-bond donors (Lipinski definition) is 3. The van der Waals surface area contributed by atoms with Crippen LogP contribution >= 0.6 is 11.3 Å². The molecular formula is C17H21N5O3S2. The number of benzene rings is 1. The molecule has 10 heteroatoms. The molecule has 2 amide bonds. The predicted molar refractivity (Wildman–Crippen MR) is 107 cm³/mol. The van der Waals surface area contributed by atoms with Gasteiger partial charge in [0.2, 0.25) is 0 Å². The van der Waals surface area contributed by atoms with Crippen LogP contribution in [-0.2, 0) is 29.7 Å². The standard InChI is InChI=1S/C17H21N5O3S2/c1-5-10-6-7-11-9-22(4)20-14(11)13(10)19-15(23)21-27(25)16-18-8-12(26-16)17(2,3)24/h6-9,24,27H,5H2,1-4H3,(H,19,23). The number of fused-ring (bicyclic) bond motifs is 1. The van der Waals surface area contributed by atoms with Crippen molar-refractivity contribution < 1.29 is 14.1 Å². The molecule has 1 atom stereocenters. The molecule has 0 aliphatic rings. The highest BCUT2D eigenvalue weighted by molar-refractivity contribution is 7.77. The van der Waals surface area contributed by atoms with Crippen LogP contribution in [0.4, 0.5) is 10.5 Å². The van der Waals surface area contributed by atoms with Gasteiger partial charge in [0.1, 0.15) is 16.1 Å². The van der Waals surface area contributed by atoms with Gasteiger partial charge in [0.05, 0.1) is 16.2 Å². The topological polar surface area (TPSA) is 109 Å². The third-order valence-electron chi connectivity index (χ3n) is 3.93. The number of hydrogen-bond acceptors (Lipinski definition) is 6. The quantitative estimate of drug-likeness (QED) is 0.576. The van der Waals surface area contributed by atoms with E-state index in [2.05, 4.69) is 19.8 Å². The highest BCUT2D eigenvalue weighted by Gasteiger charge is 2.20. The predicted octanol–water partition coefficient (Wildman–Crippen LogP) is 3.08. The molecule has 144 valence electrons. The summed E-state index contributed by atoms with van der Waals surface area (Å²) in [5.41, 5.74) is 1.07. The van der Waals surface area contributed by atoms with Crippen molar-refractivity contribution in [3.8, 4) is 0 Å². The number of aliphatic hydroxyl groups is 1. The van der Waals surface area contributed by atoms with Gasteiger partial charge in [0.15, 0.2) is 4.34 Å². The summed E-state index contributed by atoms with van der Waals surface area (Å²) in [4.78, 5) is 16.9. The summed E-state index contributed by atoms with van der Waals surface area (Å²) >= 11 is 1.08. The molecule has 27 heavy (non-hydrogen) atoms. The molecule has 3 aromatic rings. The van der Waals surface area contributed by atoms with Gasteiger partial charge in [-0.3, -0.25) is 4.68 Å². The Balaban J connectivity index is 1.89. The molecule has 2 aromatic heterocycles. The van der Waals surface area contributed by atoms with Crippen molar-refractivity contribution in [3.05, 3.63) is 35.0 Å². The highest BCUT2D eigenvalue weighted by Crippen LogP contribution is 2.28. The number of amides is 2. The van der Waals surface area contributed by atoms with E-state index in [1.54, 1.807) is 25.6 Å². The number of aryl methyl sites for hydroxylation is 2. The van der Waals surface area contributed by atoms with Crippen LogP contribution in [0.5, 0.6) is 0 Å². The first-order chi connectivity index (χ1) is 12.7. The molecule has 2 heterocycles. The van der Waals surface area contributed by atoms with E-state index in [0.717, 1.165) is 22.3 Å². The van der Waals surface area contributed by atoms with E-state index in [1.807, 2.05) is 25.3 Å². The fourth-order valence-electron chi connectivity index (χ4n) is 2.58. The molecule has 2 N–H and O–H groups in total. The van der Waals surface area contributed by atoms with Crippen molar-refractivity contribution in [3.63, 3.8) is 0 Å². The largest absolute Gasteiger partial charge is 0.385 e. The number of thiol groups is 1. The van der Waals surface area contributed by atoms with Crippen molar-refractivity contribution >= 4 is 44.6 Å². The van der Waals surface area contributed by atoms with Gasteiger partial charge >= 0.3 is 6.03 Å². The number of rotatable bonds is 4. The first-order valence-electron chi connectivity index (χ1n) is 8.33. The van der Waals surface area contributed by atoms with E-state index in [9.17, 15) is 14.1 Å². The molecule has 8 nitrogen and oxygen atoms in total. The number of carbonyl (C=O) groups excluding carboxylic acids is 1.